The molecule has 0 radical (unpaired) electrons. The van der Waals surface area contributed by atoms with E-state index in [0.717, 1.165) is 54.6 Å². The summed E-state index contributed by atoms with van der Waals surface area (Å²) in [6.07, 6.45) is -6.72. The third-order valence-corrected chi connectivity index (χ3v) is 10.7. The highest BCUT2D eigenvalue weighted by Gasteiger charge is 2.42. The summed E-state index contributed by atoms with van der Waals surface area (Å²) >= 11 is 0. The third-order valence-electron chi connectivity index (χ3n) is 10.7. The maximum absolute atomic E-state index is 13.9. The Labute approximate surface area is 368 Å². The van der Waals surface area contributed by atoms with Gasteiger partial charge in [-0.1, -0.05) is 0 Å². The number of ether oxygens (including phenoxy) is 3. The molecule has 0 amide bonds. The first-order valence-corrected chi connectivity index (χ1v) is 18.9. The van der Waals surface area contributed by atoms with Crippen molar-refractivity contribution in [2.24, 2.45) is 0 Å². The zero-order valence-corrected chi connectivity index (χ0v) is 33.2. The first kappa shape index (κ1) is 44.7. The van der Waals surface area contributed by atoms with E-state index in [0.29, 0.717) is 12.1 Å². The molecule has 0 fully saturated rings. The van der Waals surface area contributed by atoms with Crippen molar-refractivity contribution in [3.63, 3.8) is 0 Å². The number of aromatic hydroxyl groups is 17. The average molecular weight is 917 g/mol. The van der Waals surface area contributed by atoms with Gasteiger partial charge in [0.25, 0.3) is 0 Å². The van der Waals surface area contributed by atoms with Crippen LogP contribution in [-0.4, -0.2) is 111 Å². The fraction of sp³-hybridized carbons (Fsp3) is 0.136. The molecule has 0 aliphatic carbocycles. The Morgan fingerprint density at radius 1 is 0.515 bits per heavy atom. The number of phenolic OH excluding ortho intramolecular Hbond substituents is 17. The second kappa shape index (κ2) is 16.7. The maximum Gasteiger partial charge on any atom is 0.338 e. The summed E-state index contributed by atoms with van der Waals surface area (Å²) in [5.74, 6) is -20.8. The molecule has 7 rings (SSSR count). The number of carbonyl (C=O) groups is 2. The molecule has 6 aromatic rings. The van der Waals surface area contributed by atoms with Gasteiger partial charge in [0.15, 0.2) is 75.1 Å². The van der Waals surface area contributed by atoms with Crippen LogP contribution in [0.1, 0.15) is 60.6 Å². The zero-order valence-electron chi connectivity index (χ0n) is 33.2. The van der Waals surface area contributed by atoms with Crippen LogP contribution < -0.4 is 4.74 Å². The molecule has 66 heavy (non-hydrogen) atoms. The van der Waals surface area contributed by atoms with Crippen LogP contribution in [-0.2, 0) is 22.3 Å². The third kappa shape index (κ3) is 8.19. The molecule has 0 spiro atoms. The summed E-state index contributed by atoms with van der Waals surface area (Å²) in [6, 6.07) is 8.71. The Bertz CT molecular complexity index is 2850. The predicted octanol–water partition coefficient (Wildman–Crippen LogP) is 4.18. The first-order chi connectivity index (χ1) is 31.0. The Hall–Kier alpha value is -9.34. The van der Waals surface area contributed by atoms with E-state index in [1.165, 1.54) is 0 Å². The van der Waals surface area contributed by atoms with E-state index >= 15 is 0 Å². The van der Waals surface area contributed by atoms with E-state index in [9.17, 15) is 96.4 Å². The van der Waals surface area contributed by atoms with Crippen molar-refractivity contribution in [3.8, 4) is 103 Å². The molecule has 22 heteroatoms. The van der Waals surface area contributed by atoms with Crippen molar-refractivity contribution in [1.82, 2.24) is 0 Å². The summed E-state index contributed by atoms with van der Waals surface area (Å²) in [5, 5.41) is 179. The predicted molar refractivity (Wildman–Crippen MR) is 218 cm³/mol. The van der Waals surface area contributed by atoms with Gasteiger partial charge in [-0.3, -0.25) is 0 Å². The molecule has 17 N–H and O–H groups in total. The van der Waals surface area contributed by atoms with Crippen molar-refractivity contribution in [3.05, 3.63) is 106 Å². The van der Waals surface area contributed by atoms with Crippen molar-refractivity contribution in [2.75, 3.05) is 0 Å². The monoisotopic (exact) mass is 916 g/mol. The normalized spacial score (nSPS) is 15.2. The summed E-state index contributed by atoms with van der Waals surface area (Å²) in [6.45, 7) is 0. The van der Waals surface area contributed by atoms with E-state index in [1.54, 1.807) is 0 Å². The summed E-state index contributed by atoms with van der Waals surface area (Å²) < 4.78 is 17.6. The van der Waals surface area contributed by atoms with Crippen LogP contribution in [0.4, 0.5) is 0 Å². The first-order valence-electron chi connectivity index (χ1n) is 18.9. The molecule has 0 saturated heterocycles. The fourth-order valence-electron chi connectivity index (χ4n) is 7.49. The summed E-state index contributed by atoms with van der Waals surface area (Å²) in [7, 11) is 0. The molecule has 0 aromatic heterocycles. The van der Waals surface area contributed by atoms with Gasteiger partial charge >= 0.3 is 11.9 Å². The molecule has 0 saturated carbocycles. The number of esters is 2. The Kier molecular flexibility index (Phi) is 11.3. The lowest BCUT2D eigenvalue weighted by molar-refractivity contribution is -0.0190. The second-order valence-corrected chi connectivity index (χ2v) is 15.0. The molecule has 22 nitrogen and oxygen atoms in total. The van der Waals surface area contributed by atoms with E-state index < -0.39 is 169 Å². The van der Waals surface area contributed by atoms with Crippen molar-refractivity contribution in [1.29, 1.82) is 0 Å². The lowest BCUT2D eigenvalue weighted by Crippen LogP contribution is -2.35. The van der Waals surface area contributed by atoms with Gasteiger partial charge in [-0.05, 0) is 54.1 Å². The standard InChI is InChI=1S/C44H36O22/c45-18-9-21(46)19(22(47)10-18)11-33(65-43(62)16-5-28(53)40(60)29(54)6-16)35(14-1-24(49)38(58)25(50)2-14)36-23(48)13-32-20(37(36)57)12-34(42(64-32)15-3-26(51)39(59)27(52)4-15)66-44(63)17-7-30(55)41(61)31(56)8-17/h1-10,13,33-35,42,45-61H,11-12H2/t33-,34+,35-,42-/m0/s1. The van der Waals surface area contributed by atoms with Gasteiger partial charge in [0.05, 0.1) is 17.0 Å². The Morgan fingerprint density at radius 3 is 1.44 bits per heavy atom. The van der Waals surface area contributed by atoms with Crippen LogP contribution in [0, 0.1) is 0 Å². The van der Waals surface area contributed by atoms with E-state index in [1.807, 2.05) is 0 Å². The summed E-state index contributed by atoms with van der Waals surface area (Å²) in [5.41, 5.74) is -3.18. The van der Waals surface area contributed by atoms with Gasteiger partial charge in [0.1, 0.15) is 46.7 Å². The van der Waals surface area contributed by atoms with Crippen molar-refractivity contribution in [2.45, 2.75) is 37.1 Å². The van der Waals surface area contributed by atoms with Crippen LogP contribution >= 0.6 is 0 Å². The minimum Gasteiger partial charge on any atom is -0.508 e. The molecular weight excluding hydrogens is 880 g/mol. The number of rotatable bonds is 10. The van der Waals surface area contributed by atoms with Crippen LogP contribution in [0.15, 0.2) is 66.7 Å². The van der Waals surface area contributed by atoms with Crippen molar-refractivity contribution >= 4 is 11.9 Å². The van der Waals surface area contributed by atoms with E-state index in [4.69, 9.17) is 14.2 Å². The van der Waals surface area contributed by atoms with Crippen molar-refractivity contribution < 1.29 is 111 Å². The Balaban J connectivity index is 1.43. The van der Waals surface area contributed by atoms with Crippen LogP contribution in [0.2, 0.25) is 0 Å². The highest BCUT2D eigenvalue weighted by Crippen LogP contribution is 2.53. The SMILES string of the molecule is O=C(O[C@@H](Cc1c(O)cc(O)cc1O)[C@H](c1cc(O)c(O)c(O)c1)c1c(O)cc2c(c1O)C[C@@H](OC(=O)c1cc(O)c(O)c(O)c1)[C@H](c1cc(O)c(O)c(O)c1)O2)c1cc(O)c(O)c(O)c1. The maximum atomic E-state index is 13.9. The molecular formula is C44H36O22. The molecule has 1 heterocycles. The van der Waals surface area contributed by atoms with Gasteiger partial charge in [0.2, 0.25) is 0 Å². The number of benzene rings is 6. The van der Waals surface area contributed by atoms with Gasteiger partial charge in [-0.25, -0.2) is 9.59 Å². The number of phenols is 17. The van der Waals surface area contributed by atoms with Gasteiger partial charge < -0.3 is 101 Å². The quantitative estimate of drug-likeness (QED) is 0.0676. The molecule has 1 aliphatic heterocycles. The molecule has 6 aromatic carbocycles. The molecule has 344 valence electrons. The summed E-state index contributed by atoms with van der Waals surface area (Å²) in [4.78, 5) is 27.5. The molecule has 0 bridgehead atoms. The topological polar surface area (TPSA) is 406 Å². The smallest absolute Gasteiger partial charge is 0.338 e. The van der Waals surface area contributed by atoms with Crippen LogP contribution in [0.3, 0.4) is 0 Å². The molecule has 1 aliphatic rings. The number of hydrogen-bond donors (Lipinski definition) is 17. The minimum atomic E-state index is -1.99. The highest BCUT2D eigenvalue weighted by molar-refractivity contribution is 5.92. The minimum absolute atomic E-state index is 0.176. The highest BCUT2D eigenvalue weighted by atomic mass is 16.6. The van der Waals surface area contributed by atoms with Gasteiger partial charge in [-0.15, -0.1) is 0 Å². The number of fused-ring (bicyclic) bond motifs is 1. The second-order valence-electron chi connectivity index (χ2n) is 15.0. The largest absolute Gasteiger partial charge is 0.508 e. The molecule has 4 atom stereocenters. The number of carbonyl (C=O) groups excluding carboxylic acids is 2. The van der Waals surface area contributed by atoms with E-state index in [-0.39, 0.29) is 22.4 Å². The van der Waals surface area contributed by atoms with Crippen LogP contribution in [0.25, 0.3) is 0 Å². The molecule has 0 unspecified atom stereocenters. The number of hydrogen-bond acceptors (Lipinski definition) is 22. The van der Waals surface area contributed by atoms with Gasteiger partial charge in [-0.2, -0.15) is 0 Å². The van der Waals surface area contributed by atoms with Gasteiger partial charge in [0, 0.05) is 53.3 Å². The van der Waals surface area contributed by atoms with E-state index in [2.05, 4.69) is 0 Å². The average Bonchev–Trinajstić information content (AvgIpc) is 3.24. The fourth-order valence-corrected chi connectivity index (χ4v) is 7.49. The Morgan fingerprint density at radius 2 is 0.955 bits per heavy atom. The van der Waals surface area contributed by atoms with Crippen LogP contribution in [0.5, 0.6) is 103 Å². The lowest BCUT2D eigenvalue weighted by Gasteiger charge is -2.36. The lowest BCUT2D eigenvalue weighted by atomic mass is 9.80. The zero-order chi connectivity index (χ0) is 48.2.